The minimum absolute atomic E-state index is 0.127. The molecule has 1 aromatic heterocycles. The molecule has 2 amide bonds. The second kappa shape index (κ2) is 8.11. The monoisotopic (exact) mass is 363 g/mol. The Morgan fingerprint density at radius 3 is 2.41 bits per heavy atom. The lowest BCUT2D eigenvalue weighted by molar-refractivity contribution is 0.0706. The standard InChI is InChI=1S/C20H17N3O4/c24-17-3-1-2-15(10-17)18-11-16(8-9-21-18)19(25)22-12-13-4-6-14(7-5-13)20(26)23-27/h1-11,24,27H,12H2,(H,22,25)(H,23,26). The van der Waals surface area contributed by atoms with Gasteiger partial charge >= 0.3 is 0 Å². The molecule has 1 heterocycles. The molecule has 136 valence electrons. The van der Waals surface area contributed by atoms with Gasteiger partial charge in [0.2, 0.25) is 0 Å². The van der Waals surface area contributed by atoms with E-state index in [-0.39, 0.29) is 18.2 Å². The third-order valence-corrected chi connectivity index (χ3v) is 3.93. The maximum absolute atomic E-state index is 12.4. The number of nitrogens with one attached hydrogen (secondary N) is 2. The summed E-state index contributed by atoms with van der Waals surface area (Å²) < 4.78 is 0. The molecule has 7 nitrogen and oxygen atoms in total. The van der Waals surface area contributed by atoms with Crippen molar-refractivity contribution in [3.05, 3.63) is 83.6 Å². The van der Waals surface area contributed by atoms with Gasteiger partial charge in [-0.2, -0.15) is 0 Å². The highest BCUT2D eigenvalue weighted by Crippen LogP contribution is 2.22. The number of hydrogen-bond donors (Lipinski definition) is 4. The normalized spacial score (nSPS) is 10.3. The molecule has 0 radical (unpaired) electrons. The predicted molar refractivity (Wildman–Crippen MR) is 98.2 cm³/mol. The number of benzene rings is 2. The van der Waals surface area contributed by atoms with Crippen molar-refractivity contribution in [3.63, 3.8) is 0 Å². The second-order valence-electron chi connectivity index (χ2n) is 5.80. The first-order valence-corrected chi connectivity index (χ1v) is 8.14. The molecule has 0 aliphatic rings. The van der Waals surface area contributed by atoms with Crippen molar-refractivity contribution in [1.82, 2.24) is 15.8 Å². The lowest BCUT2D eigenvalue weighted by atomic mass is 10.1. The maximum atomic E-state index is 12.4. The Bertz CT molecular complexity index is 971. The van der Waals surface area contributed by atoms with E-state index < -0.39 is 5.91 Å². The smallest absolute Gasteiger partial charge is 0.274 e. The molecule has 0 fully saturated rings. The largest absolute Gasteiger partial charge is 0.508 e. The van der Waals surface area contributed by atoms with Gasteiger partial charge in [-0.3, -0.25) is 19.8 Å². The van der Waals surface area contributed by atoms with Gasteiger partial charge in [0.25, 0.3) is 11.8 Å². The highest BCUT2D eigenvalue weighted by atomic mass is 16.5. The second-order valence-corrected chi connectivity index (χ2v) is 5.80. The number of phenolic OH excluding ortho intramolecular Hbond substituents is 1. The molecule has 0 saturated heterocycles. The molecule has 2 aromatic carbocycles. The third kappa shape index (κ3) is 4.47. The van der Waals surface area contributed by atoms with Crippen LogP contribution in [0.25, 0.3) is 11.3 Å². The Morgan fingerprint density at radius 2 is 1.70 bits per heavy atom. The number of aromatic hydroxyl groups is 1. The van der Waals surface area contributed by atoms with Gasteiger partial charge in [-0.15, -0.1) is 0 Å². The highest BCUT2D eigenvalue weighted by molar-refractivity contribution is 5.95. The van der Waals surface area contributed by atoms with Crippen LogP contribution in [0.5, 0.6) is 5.75 Å². The predicted octanol–water partition coefficient (Wildman–Crippen LogP) is 2.50. The summed E-state index contributed by atoms with van der Waals surface area (Å²) in [5.41, 5.74) is 4.42. The van der Waals surface area contributed by atoms with E-state index in [4.69, 9.17) is 5.21 Å². The van der Waals surface area contributed by atoms with Gasteiger partial charge < -0.3 is 10.4 Å². The highest BCUT2D eigenvalue weighted by Gasteiger charge is 2.09. The van der Waals surface area contributed by atoms with E-state index in [2.05, 4.69) is 10.3 Å². The summed E-state index contributed by atoms with van der Waals surface area (Å²) in [5, 5.41) is 21.0. The molecular formula is C20H17N3O4. The molecule has 4 N–H and O–H groups in total. The molecule has 3 rings (SSSR count). The van der Waals surface area contributed by atoms with Crippen LogP contribution in [0.2, 0.25) is 0 Å². The Labute approximate surface area is 155 Å². The van der Waals surface area contributed by atoms with Crippen LogP contribution < -0.4 is 10.8 Å². The Morgan fingerprint density at radius 1 is 0.926 bits per heavy atom. The van der Waals surface area contributed by atoms with Crippen LogP contribution in [0.4, 0.5) is 0 Å². The van der Waals surface area contributed by atoms with E-state index in [0.29, 0.717) is 22.4 Å². The van der Waals surface area contributed by atoms with Gasteiger partial charge in [-0.05, 0) is 42.0 Å². The number of carbonyl (C=O) groups excluding carboxylic acids is 2. The number of aromatic nitrogens is 1. The van der Waals surface area contributed by atoms with Crippen LogP contribution in [-0.4, -0.2) is 27.1 Å². The number of carbonyl (C=O) groups is 2. The lowest BCUT2D eigenvalue weighted by Crippen LogP contribution is -2.23. The van der Waals surface area contributed by atoms with Crippen LogP contribution in [0, 0.1) is 0 Å². The van der Waals surface area contributed by atoms with Crippen molar-refractivity contribution >= 4 is 11.8 Å². The quantitative estimate of drug-likeness (QED) is 0.411. The molecule has 27 heavy (non-hydrogen) atoms. The molecule has 0 unspecified atom stereocenters. The van der Waals surface area contributed by atoms with Crippen molar-refractivity contribution in [2.75, 3.05) is 0 Å². The molecular weight excluding hydrogens is 346 g/mol. The van der Waals surface area contributed by atoms with Crippen molar-refractivity contribution in [2.45, 2.75) is 6.54 Å². The first-order chi connectivity index (χ1) is 13.1. The molecule has 0 atom stereocenters. The summed E-state index contributed by atoms with van der Waals surface area (Å²) in [4.78, 5) is 27.9. The van der Waals surface area contributed by atoms with Crippen LogP contribution >= 0.6 is 0 Å². The Balaban J connectivity index is 1.68. The van der Waals surface area contributed by atoms with Gasteiger partial charge in [0.15, 0.2) is 0 Å². The summed E-state index contributed by atoms with van der Waals surface area (Å²) in [6.07, 6.45) is 1.54. The Kier molecular flexibility index (Phi) is 5.44. The molecule has 0 spiro atoms. The van der Waals surface area contributed by atoms with E-state index in [9.17, 15) is 14.7 Å². The van der Waals surface area contributed by atoms with E-state index >= 15 is 0 Å². The molecule has 0 aliphatic carbocycles. The number of pyridine rings is 1. The van der Waals surface area contributed by atoms with Gasteiger partial charge in [0, 0.05) is 29.4 Å². The fourth-order valence-electron chi connectivity index (χ4n) is 2.52. The van der Waals surface area contributed by atoms with Crippen molar-refractivity contribution in [3.8, 4) is 17.0 Å². The molecule has 3 aromatic rings. The zero-order valence-electron chi connectivity index (χ0n) is 14.2. The fraction of sp³-hybridized carbons (Fsp3) is 0.0500. The average molecular weight is 363 g/mol. The van der Waals surface area contributed by atoms with E-state index in [1.165, 1.54) is 6.20 Å². The van der Waals surface area contributed by atoms with Crippen molar-refractivity contribution in [1.29, 1.82) is 0 Å². The number of amides is 2. The van der Waals surface area contributed by atoms with Crippen molar-refractivity contribution in [2.24, 2.45) is 0 Å². The first-order valence-electron chi connectivity index (χ1n) is 8.14. The number of nitrogens with zero attached hydrogens (tertiary/aromatic N) is 1. The Hall–Kier alpha value is -3.71. The van der Waals surface area contributed by atoms with Gasteiger partial charge in [-0.25, -0.2) is 5.48 Å². The summed E-state index contributed by atoms with van der Waals surface area (Å²) >= 11 is 0. The van der Waals surface area contributed by atoms with E-state index in [0.717, 1.165) is 5.56 Å². The molecule has 0 saturated carbocycles. The number of hydroxylamine groups is 1. The summed E-state index contributed by atoms with van der Waals surface area (Å²) in [6.45, 7) is 0.281. The van der Waals surface area contributed by atoms with Gasteiger partial charge in [-0.1, -0.05) is 24.3 Å². The summed E-state index contributed by atoms with van der Waals surface area (Å²) in [6, 6.07) is 16.4. The zero-order chi connectivity index (χ0) is 19.2. The average Bonchev–Trinajstić information content (AvgIpc) is 2.72. The van der Waals surface area contributed by atoms with Crippen LogP contribution in [0.3, 0.4) is 0 Å². The first kappa shape index (κ1) is 18.1. The molecule has 0 aliphatic heterocycles. The van der Waals surface area contributed by atoms with Crippen LogP contribution in [0.1, 0.15) is 26.3 Å². The topological polar surface area (TPSA) is 112 Å². The molecule has 7 heteroatoms. The number of hydrogen-bond acceptors (Lipinski definition) is 5. The van der Waals surface area contributed by atoms with Crippen LogP contribution in [-0.2, 0) is 6.54 Å². The summed E-state index contributed by atoms with van der Waals surface area (Å²) in [7, 11) is 0. The van der Waals surface area contributed by atoms with Gasteiger partial charge in [0.1, 0.15) is 5.75 Å². The van der Waals surface area contributed by atoms with E-state index in [1.807, 2.05) is 0 Å². The van der Waals surface area contributed by atoms with Crippen molar-refractivity contribution < 1.29 is 19.9 Å². The minimum atomic E-state index is -0.596. The zero-order valence-corrected chi connectivity index (χ0v) is 14.2. The van der Waals surface area contributed by atoms with E-state index in [1.54, 1.807) is 66.1 Å². The van der Waals surface area contributed by atoms with Gasteiger partial charge in [0.05, 0.1) is 5.69 Å². The third-order valence-electron chi connectivity index (χ3n) is 3.93. The maximum Gasteiger partial charge on any atom is 0.274 e. The SMILES string of the molecule is O=C(NO)c1ccc(CNC(=O)c2ccnc(-c3cccc(O)c3)c2)cc1. The summed E-state index contributed by atoms with van der Waals surface area (Å²) in [5.74, 6) is -0.736. The minimum Gasteiger partial charge on any atom is -0.508 e. The number of rotatable bonds is 5. The van der Waals surface area contributed by atoms with Crippen LogP contribution in [0.15, 0.2) is 66.9 Å². The molecule has 0 bridgehead atoms. The fourth-order valence-corrected chi connectivity index (χ4v) is 2.52. The lowest BCUT2D eigenvalue weighted by Gasteiger charge is -2.08. The number of phenols is 1.